The maximum absolute atomic E-state index is 13.5. The summed E-state index contributed by atoms with van der Waals surface area (Å²) in [7, 11) is 0. The fraction of sp³-hybridized carbons (Fsp3) is 0.615. The van der Waals surface area contributed by atoms with Crippen LogP contribution in [0.25, 0.3) is 0 Å². The highest BCUT2D eigenvalue weighted by Gasteiger charge is 2.32. The first-order valence-corrected chi connectivity index (χ1v) is 12.4. The summed E-state index contributed by atoms with van der Waals surface area (Å²) in [5.41, 5.74) is 3.37. The number of alkyl halides is 1. The summed E-state index contributed by atoms with van der Waals surface area (Å²) in [6, 6.07) is 7.49. The molecule has 3 rings (SSSR count). The molecule has 31 heavy (non-hydrogen) atoms. The predicted molar refractivity (Wildman–Crippen MR) is 127 cm³/mol. The van der Waals surface area contributed by atoms with E-state index in [0.717, 1.165) is 62.0 Å². The first kappa shape index (κ1) is 23.8. The van der Waals surface area contributed by atoms with E-state index >= 15 is 0 Å². The standard InChI is InChI=1S/C26H37ClN2O2/c1-19-8-12-22(13-9-19)25(26(31)28-23-14-10-20(2)11-15-23)29(24(30)18-27)17-16-21-6-4-3-5-7-21/h6,8-9,12-13,20,23,25H,3-5,7,10-11,14-18H2,1-2H3,(H,28,31)/t20?,23?,25-/m0/s1. The second-order valence-corrected chi connectivity index (χ2v) is 9.62. The molecule has 0 heterocycles. The molecule has 2 amide bonds. The van der Waals surface area contributed by atoms with Crippen molar-refractivity contribution in [3.63, 3.8) is 0 Å². The number of amides is 2. The van der Waals surface area contributed by atoms with Gasteiger partial charge < -0.3 is 10.2 Å². The third kappa shape index (κ3) is 6.83. The maximum Gasteiger partial charge on any atom is 0.247 e. The monoisotopic (exact) mass is 444 g/mol. The molecule has 0 aliphatic heterocycles. The van der Waals surface area contributed by atoms with Gasteiger partial charge in [0.05, 0.1) is 0 Å². The zero-order valence-corrected chi connectivity index (χ0v) is 19.8. The number of hydrogen-bond acceptors (Lipinski definition) is 2. The van der Waals surface area contributed by atoms with E-state index in [1.165, 1.54) is 18.4 Å². The Bertz CT molecular complexity index is 766. The summed E-state index contributed by atoms with van der Waals surface area (Å²) >= 11 is 6.00. The third-order valence-electron chi connectivity index (χ3n) is 6.81. The molecule has 170 valence electrons. The number of nitrogens with one attached hydrogen (secondary N) is 1. The normalized spacial score (nSPS) is 22.4. The summed E-state index contributed by atoms with van der Waals surface area (Å²) in [4.78, 5) is 28.1. The first-order chi connectivity index (χ1) is 15.0. The summed E-state index contributed by atoms with van der Waals surface area (Å²) in [6.45, 7) is 4.82. The van der Waals surface area contributed by atoms with Crippen molar-refractivity contribution in [3.8, 4) is 0 Å². The molecule has 1 fully saturated rings. The van der Waals surface area contributed by atoms with Gasteiger partial charge in [0, 0.05) is 12.6 Å². The molecule has 0 bridgehead atoms. The van der Waals surface area contributed by atoms with Crippen molar-refractivity contribution in [2.24, 2.45) is 5.92 Å². The van der Waals surface area contributed by atoms with Crippen LogP contribution in [0, 0.1) is 12.8 Å². The Morgan fingerprint density at radius 3 is 2.45 bits per heavy atom. The predicted octanol–water partition coefficient (Wildman–Crippen LogP) is 5.69. The Morgan fingerprint density at radius 2 is 1.84 bits per heavy atom. The van der Waals surface area contributed by atoms with Gasteiger partial charge in [0.25, 0.3) is 0 Å². The van der Waals surface area contributed by atoms with Gasteiger partial charge in [-0.2, -0.15) is 0 Å². The fourth-order valence-corrected chi connectivity index (χ4v) is 4.93. The molecular weight excluding hydrogens is 408 g/mol. The van der Waals surface area contributed by atoms with Crippen LogP contribution in [0.15, 0.2) is 35.9 Å². The molecule has 0 radical (unpaired) electrons. The molecule has 0 saturated heterocycles. The van der Waals surface area contributed by atoms with E-state index < -0.39 is 6.04 Å². The van der Waals surface area contributed by atoms with E-state index in [0.29, 0.717) is 6.54 Å². The van der Waals surface area contributed by atoms with Crippen LogP contribution in [0.2, 0.25) is 0 Å². The number of carbonyl (C=O) groups excluding carboxylic acids is 2. The number of nitrogens with zero attached hydrogens (tertiary/aromatic N) is 1. The highest BCUT2D eigenvalue weighted by atomic mass is 35.5. The van der Waals surface area contributed by atoms with Crippen molar-refractivity contribution in [1.29, 1.82) is 0 Å². The van der Waals surface area contributed by atoms with Crippen molar-refractivity contribution in [3.05, 3.63) is 47.0 Å². The fourth-order valence-electron chi connectivity index (χ4n) is 4.78. The van der Waals surface area contributed by atoms with Crippen LogP contribution in [0.5, 0.6) is 0 Å². The van der Waals surface area contributed by atoms with E-state index in [9.17, 15) is 9.59 Å². The SMILES string of the molecule is Cc1ccc([C@@H](C(=O)NC2CCC(C)CC2)N(CCC2=CCCCC2)C(=O)CCl)cc1. The molecule has 1 N–H and O–H groups in total. The number of allylic oxidation sites excluding steroid dienone is 1. The molecule has 5 heteroatoms. The van der Waals surface area contributed by atoms with Gasteiger partial charge in [0.1, 0.15) is 11.9 Å². The average Bonchev–Trinajstić information content (AvgIpc) is 2.79. The molecule has 2 aliphatic rings. The minimum Gasteiger partial charge on any atom is -0.351 e. The quantitative estimate of drug-likeness (QED) is 0.413. The Hall–Kier alpha value is -1.81. The summed E-state index contributed by atoms with van der Waals surface area (Å²) < 4.78 is 0. The molecular formula is C26H37ClN2O2. The van der Waals surface area contributed by atoms with Crippen LogP contribution in [0.1, 0.15) is 81.9 Å². The summed E-state index contributed by atoms with van der Waals surface area (Å²) in [5, 5.41) is 3.26. The van der Waals surface area contributed by atoms with Crippen LogP contribution < -0.4 is 5.32 Å². The van der Waals surface area contributed by atoms with Gasteiger partial charge in [-0.1, -0.05) is 48.4 Å². The van der Waals surface area contributed by atoms with E-state index in [-0.39, 0.29) is 23.7 Å². The lowest BCUT2D eigenvalue weighted by atomic mass is 9.87. The zero-order valence-electron chi connectivity index (χ0n) is 19.0. The molecule has 1 atom stereocenters. The Balaban J connectivity index is 1.81. The number of halogens is 1. The number of benzene rings is 1. The van der Waals surface area contributed by atoms with Gasteiger partial charge in [0.15, 0.2) is 0 Å². The maximum atomic E-state index is 13.5. The number of aryl methyl sites for hydroxylation is 1. The minimum absolute atomic E-state index is 0.0838. The topological polar surface area (TPSA) is 49.4 Å². The number of carbonyl (C=O) groups is 2. The van der Waals surface area contributed by atoms with Gasteiger partial charge in [-0.05, 0) is 76.2 Å². The van der Waals surface area contributed by atoms with E-state index in [1.807, 2.05) is 31.2 Å². The van der Waals surface area contributed by atoms with Gasteiger partial charge in [0.2, 0.25) is 11.8 Å². The van der Waals surface area contributed by atoms with Crippen molar-refractivity contribution < 1.29 is 9.59 Å². The molecule has 0 aromatic heterocycles. The first-order valence-electron chi connectivity index (χ1n) is 11.9. The highest BCUT2D eigenvalue weighted by Crippen LogP contribution is 2.28. The van der Waals surface area contributed by atoms with Gasteiger partial charge in [-0.25, -0.2) is 0 Å². The molecule has 4 nitrogen and oxygen atoms in total. The Morgan fingerprint density at radius 1 is 1.13 bits per heavy atom. The second-order valence-electron chi connectivity index (χ2n) is 9.36. The van der Waals surface area contributed by atoms with Crippen LogP contribution >= 0.6 is 11.6 Å². The average molecular weight is 445 g/mol. The van der Waals surface area contributed by atoms with Crippen molar-refractivity contribution in [2.45, 2.75) is 83.7 Å². The second kappa shape index (κ2) is 11.7. The molecule has 1 aromatic rings. The molecule has 1 aromatic carbocycles. The molecule has 2 aliphatic carbocycles. The van der Waals surface area contributed by atoms with E-state index in [1.54, 1.807) is 4.90 Å². The van der Waals surface area contributed by atoms with Crippen LogP contribution in [0.3, 0.4) is 0 Å². The van der Waals surface area contributed by atoms with Gasteiger partial charge >= 0.3 is 0 Å². The van der Waals surface area contributed by atoms with Gasteiger partial charge in [-0.3, -0.25) is 9.59 Å². The van der Waals surface area contributed by atoms with Crippen molar-refractivity contribution in [1.82, 2.24) is 10.2 Å². The number of rotatable bonds is 8. The zero-order chi connectivity index (χ0) is 22.2. The van der Waals surface area contributed by atoms with Crippen LogP contribution in [-0.4, -0.2) is 35.2 Å². The Labute approximate surface area is 192 Å². The third-order valence-corrected chi connectivity index (χ3v) is 7.04. The smallest absolute Gasteiger partial charge is 0.247 e. The molecule has 1 saturated carbocycles. The van der Waals surface area contributed by atoms with Crippen LogP contribution in [0.4, 0.5) is 0 Å². The lowest BCUT2D eigenvalue weighted by Gasteiger charge is -2.34. The lowest BCUT2D eigenvalue weighted by molar-refractivity contribution is -0.139. The van der Waals surface area contributed by atoms with Crippen LogP contribution in [-0.2, 0) is 9.59 Å². The molecule has 0 unspecified atom stereocenters. The minimum atomic E-state index is -0.643. The summed E-state index contributed by atoms with van der Waals surface area (Å²) in [5.74, 6) is 0.338. The number of hydrogen-bond donors (Lipinski definition) is 1. The van der Waals surface area contributed by atoms with Crippen molar-refractivity contribution in [2.75, 3.05) is 12.4 Å². The molecule has 0 spiro atoms. The van der Waals surface area contributed by atoms with Crippen molar-refractivity contribution >= 4 is 23.4 Å². The summed E-state index contributed by atoms with van der Waals surface area (Å²) in [6.07, 6.45) is 12.0. The largest absolute Gasteiger partial charge is 0.351 e. The lowest BCUT2D eigenvalue weighted by Crippen LogP contribution is -2.48. The highest BCUT2D eigenvalue weighted by molar-refractivity contribution is 6.27. The van der Waals surface area contributed by atoms with Gasteiger partial charge in [-0.15, -0.1) is 11.6 Å². The van der Waals surface area contributed by atoms with E-state index in [4.69, 9.17) is 11.6 Å². The van der Waals surface area contributed by atoms with E-state index in [2.05, 4.69) is 18.3 Å². The Kier molecular flexibility index (Phi) is 9.01.